The molecule has 0 radical (unpaired) electrons. The van der Waals surface area contributed by atoms with Crippen LogP contribution in [0, 0.1) is 11.2 Å². The second-order valence-electron chi connectivity index (χ2n) is 16.3. The van der Waals surface area contributed by atoms with Gasteiger partial charge in [-0.2, -0.15) is 0 Å². The molecule has 0 aliphatic rings. The number of hydrogen-bond donors (Lipinski definition) is 0. The largest absolute Gasteiger partial charge is 0.493 e. The van der Waals surface area contributed by atoms with Crippen LogP contribution in [-0.2, 0) is 63.7 Å². The van der Waals surface area contributed by atoms with E-state index in [4.69, 9.17) is 37.9 Å². The first kappa shape index (κ1) is 55.5. The Hall–Kier alpha value is -6.78. The van der Waals surface area contributed by atoms with Crippen molar-refractivity contribution in [2.24, 2.45) is 5.41 Å². The SMILES string of the molecule is C=C(C)C(=O)OCC(COC(=O)C(=O)CCOC)(COC(=O)C(=O)CCOC)COc1ccc(-c2cc(OC(=O)C(=C)C)c(-c3ccc(CCCCCCC)cc3F)cc2OC(=O)C(=C)C)cc1. The Labute approximate surface area is 396 Å². The fourth-order valence-electron chi connectivity index (χ4n) is 6.15. The van der Waals surface area contributed by atoms with Crippen molar-refractivity contribution in [1.29, 1.82) is 0 Å². The predicted octanol–water partition coefficient (Wildman–Crippen LogP) is 8.42. The van der Waals surface area contributed by atoms with Crippen LogP contribution < -0.4 is 14.2 Å². The lowest BCUT2D eigenvalue weighted by molar-refractivity contribution is -0.169. The first-order valence-electron chi connectivity index (χ1n) is 22.0. The third kappa shape index (κ3) is 17.5. The van der Waals surface area contributed by atoms with E-state index >= 15 is 4.39 Å². The molecule has 3 aromatic carbocycles. The van der Waals surface area contributed by atoms with Crippen LogP contribution in [0.5, 0.6) is 17.2 Å². The predicted molar refractivity (Wildman–Crippen MR) is 249 cm³/mol. The molecule has 3 rings (SSSR count). The molecular weight excluding hydrogens is 884 g/mol. The third-order valence-electron chi connectivity index (χ3n) is 10.2. The van der Waals surface area contributed by atoms with E-state index in [1.165, 1.54) is 65.3 Å². The van der Waals surface area contributed by atoms with Crippen molar-refractivity contribution < 1.29 is 75.8 Å². The zero-order chi connectivity index (χ0) is 50.4. The van der Waals surface area contributed by atoms with Gasteiger partial charge in [-0.05, 0) is 75.1 Å². The second kappa shape index (κ2) is 27.8. The van der Waals surface area contributed by atoms with Gasteiger partial charge >= 0.3 is 29.8 Å². The van der Waals surface area contributed by atoms with Gasteiger partial charge in [0.05, 0.1) is 13.2 Å². The number of methoxy groups -OCH3 is 2. The van der Waals surface area contributed by atoms with Crippen molar-refractivity contribution in [1.82, 2.24) is 0 Å². The molecule has 15 nitrogen and oxygen atoms in total. The number of esters is 5. The Morgan fingerprint density at radius 2 is 1.04 bits per heavy atom. The molecule has 0 atom stereocenters. The molecule has 68 heavy (non-hydrogen) atoms. The number of carbonyl (C=O) groups excluding carboxylic acids is 7. The Morgan fingerprint density at radius 1 is 0.559 bits per heavy atom. The molecule has 0 aliphatic heterocycles. The molecule has 0 aromatic heterocycles. The number of Topliss-reactive ketones (excluding diaryl/α,β-unsaturated/α-hetero) is 2. The van der Waals surface area contributed by atoms with E-state index in [9.17, 15) is 33.6 Å². The summed E-state index contributed by atoms with van der Waals surface area (Å²) in [5, 5.41) is 0. The number of halogens is 1. The van der Waals surface area contributed by atoms with Crippen LogP contribution in [0.15, 0.2) is 91.1 Å². The van der Waals surface area contributed by atoms with Crippen LogP contribution in [0.25, 0.3) is 22.3 Å². The molecule has 0 spiro atoms. The summed E-state index contributed by atoms with van der Waals surface area (Å²) < 4.78 is 59.5. The maximum Gasteiger partial charge on any atom is 0.374 e. The second-order valence-corrected chi connectivity index (χ2v) is 16.3. The summed E-state index contributed by atoms with van der Waals surface area (Å²) in [6, 6.07) is 13.8. The number of ether oxygens (including phenoxy) is 8. The minimum absolute atomic E-state index is 0.0132. The summed E-state index contributed by atoms with van der Waals surface area (Å²) in [5.74, 6) is -7.28. The Balaban J connectivity index is 2.10. The number of benzene rings is 3. The van der Waals surface area contributed by atoms with Gasteiger partial charge in [-0.1, -0.05) is 76.6 Å². The highest BCUT2D eigenvalue weighted by Crippen LogP contribution is 2.43. The summed E-state index contributed by atoms with van der Waals surface area (Å²) in [5.41, 5.74) is 0.0755. The van der Waals surface area contributed by atoms with E-state index < -0.39 is 79.1 Å². The van der Waals surface area contributed by atoms with E-state index in [-0.39, 0.29) is 76.7 Å². The molecular formula is C52H61FO15. The number of hydrogen-bond acceptors (Lipinski definition) is 15. The van der Waals surface area contributed by atoms with Crippen LogP contribution >= 0.6 is 0 Å². The fourth-order valence-corrected chi connectivity index (χ4v) is 6.15. The van der Waals surface area contributed by atoms with Gasteiger partial charge < -0.3 is 37.9 Å². The summed E-state index contributed by atoms with van der Waals surface area (Å²) in [7, 11) is 2.69. The lowest BCUT2D eigenvalue weighted by atomic mass is 9.92. The van der Waals surface area contributed by atoms with Gasteiger partial charge in [0, 0.05) is 60.5 Å². The van der Waals surface area contributed by atoms with Crippen LogP contribution in [0.4, 0.5) is 4.39 Å². The van der Waals surface area contributed by atoms with Gasteiger partial charge in [0.25, 0.3) is 0 Å². The van der Waals surface area contributed by atoms with Crippen molar-refractivity contribution in [3.63, 3.8) is 0 Å². The number of carbonyl (C=O) groups is 7. The van der Waals surface area contributed by atoms with Crippen LogP contribution in [0.2, 0.25) is 0 Å². The normalized spacial score (nSPS) is 10.9. The average molecular weight is 945 g/mol. The minimum atomic E-state index is -1.71. The maximum absolute atomic E-state index is 16.0. The highest BCUT2D eigenvalue weighted by atomic mass is 19.1. The molecule has 0 heterocycles. The molecule has 3 aromatic rings. The lowest BCUT2D eigenvalue weighted by Gasteiger charge is -2.31. The maximum atomic E-state index is 16.0. The minimum Gasteiger partial charge on any atom is -0.493 e. The molecule has 0 aliphatic carbocycles. The topological polar surface area (TPSA) is 193 Å². The van der Waals surface area contributed by atoms with Gasteiger partial charge in [-0.25, -0.2) is 28.4 Å². The van der Waals surface area contributed by atoms with Crippen LogP contribution in [-0.4, -0.2) is 95.3 Å². The monoisotopic (exact) mass is 944 g/mol. The van der Waals surface area contributed by atoms with Crippen LogP contribution in [0.3, 0.4) is 0 Å². The first-order valence-corrected chi connectivity index (χ1v) is 22.0. The quantitative estimate of drug-likeness (QED) is 0.0154. The standard InChI is InChI=1S/C52H61FO15/c1-10-11-12-13-14-15-36-16-21-39(42(53)26-36)41-28-45(67-48(57)34(4)5)40(27-46(41)68-49(58)35(6)7)37-17-19-38(20-18-37)63-29-52(30-64-47(56)33(2)3,31-65-50(59)43(54)22-24-61-8)32-66-51(60)44(55)23-25-62-9/h16-21,26-28H,2,4,6,10-15,22-25,29-32H2,1,3,5,7-9H3. The molecule has 0 saturated carbocycles. The van der Waals surface area contributed by atoms with Crippen molar-refractivity contribution in [2.45, 2.75) is 79.1 Å². The summed E-state index contributed by atoms with van der Waals surface area (Å²) >= 11 is 0. The van der Waals surface area contributed by atoms with Gasteiger partial charge in [0.1, 0.15) is 54.9 Å². The van der Waals surface area contributed by atoms with E-state index in [1.54, 1.807) is 24.3 Å². The zero-order valence-corrected chi connectivity index (χ0v) is 39.7. The van der Waals surface area contributed by atoms with Gasteiger partial charge in [0.15, 0.2) is 0 Å². The highest BCUT2D eigenvalue weighted by Gasteiger charge is 2.39. The van der Waals surface area contributed by atoms with E-state index in [1.807, 2.05) is 0 Å². The molecule has 16 heteroatoms. The summed E-state index contributed by atoms with van der Waals surface area (Å²) in [6.07, 6.45) is 5.33. The third-order valence-corrected chi connectivity index (χ3v) is 10.2. The van der Waals surface area contributed by atoms with Crippen molar-refractivity contribution in [2.75, 3.05) is 53.9 Å². The number of aryl methyl sites for hydroxylation is 1. The lowest BCUT2D eigenvalue weighted by Crippen LogP contribution is -2.45. The summed E-state index contributed by atoms with van der Waals surface area (Å²) in [4.78, 5) is 89.0. The Morgan fingerprint density at radius 3 is 1.53 bits per heavy atom. The average Bonchev–Trinajstić information content (AvgIpc) is 3.31. The van der Waals surface area contributed by atoms with Gasteiger partial charge in [-0.15, -0.1) is 0 Å². The molecule has 0 amide bonds. The number of unbranched alkanes of at least 4 members (excludes halogenated alkanes) is 4. The fraction of sp³-hybridized carbons (Fsp3) is 0.404. The Kier molecular flexibility index (Phi) is 22.7. The van der Waals surface area contributed by atoms with E-state index in [0.29, 0.717) is 12.0 Å². The highest BCUT2D eigenvalue weighted by molar-refractivity contribution is 6.34. The van der Waals surface area contributed by atoms with Crippen molar-refractivity contribution in [3.05, 3.63) is 102 Å². The number of ketones is 2. The first-order chi connectivity index (χ1) is 32.3. The molecule has 0 N–H and O–H groups in total. The molecule has 0 unspecified atom stereocenters. The van der Waals surface area contributed by atoms with Crippen LogP contribution in [0.1, 0.15) is 78.2 Å². The van der Waals surface area contributed by atoms with Crippen molar-refractivity contribution in [3.8, 4) is 39.5 Å². The van der Waals surface area contributed by atoms with Gasteiger partial charge in [0.2, 0.25) is 11.6 Å². The molecule has 0 fully saturated rings. The Bertz CT molecular complexity index is 2290. The molecule has 366 valence electrons. The molecule has 0 bridgehead atoms. The summed E-state index contributed by atoms with van der Waals surface area (Å²) in [6.45, 7) is 14.8. The number of rotatable bonds is 30. The zero-order valence-electron chi connectivity index (χ0n) is 39.7. The van der Waals surface area contributed by atoms with Gasteiger partial charge in [-0.3, -0.25) is 9.59 Å². The smallest absolute Gasteiger partial charge is 0.374 e. The molecule has 0 saturated heterocycles. The van der Waals surface area contributed by atoms with E-state index in [0.717, 1.165) is 37.7 Å². The van der Waals surface area contributed by atoms with Crippen molar-refractivity contribution >= 4 is 41.4 Å². The van der Waals surface area contributed by atoms with E-state index in [2.05, 4.69) is 26.7 Å².